The molecule has 8 heteroatoms. The van der Waals surface area contributed by atoms with E-state index in [9.17, 15) is 14.7 Å². The fraction of sp³-hybridized carbons (Fsp3) is 0.0833. The summed E-state index contributed by atoms with van der Waals surface area (Å²) in [5, 5.41) is 21.7. The number of hydrogen-bond donors (Lipinski definition) is 3. The van der Waals surface area contributed by atoms with Gasteiger partial charge in [0.1, 0.15) is 11.7 Å². The smallest absolute Gasteiger partial charge is 0.322 e. The van der Waals surface area contributed by atoms with Crippen molar-refractivity contribution in [1.29, 1.82) is 0 Å². The molecule has 2 aromatic rings. The number of hydrogen-bond acceptors (Lipinski definition) is 4. The molecule has 2 rings (SSSR count). The first-order valence-electron chi connectivity index (χ1n) is 5.38. The van der Waals surface area contributed by atoms with E-state index in [2.05, 4.69) is 32.9 Å². The lowest BCUT2D eigenvalue weighted by molar-refractivity contribution is -0.135. The molecule has 3 N–H and O–H groups in total. The zero-order valence-corrected chi connectivity index (χ0v) is 12.8. The van der Waals surface area contributed by atoms with Gasteiger partial charge in [-0.3, -0.25) is 9.59 Å². The van der Waals surface area contributed by atoms with Crippen molar-refractivity contribution < 1.29 is 19.8 Å². The number of aliphatic carboxylic acids is 1. The van der Waals surface area contributed by atoms with Gasteiger partial charge in [0.25, 0.3) is 5.91 Å². The van der Waals surface area contributed by atoms with Crippen molar-refractivity contribution in [2.75, 3.05) is 6.54 Å². The Labute approximate surface area is 131 Å². The first-order chi connectivity index (χ1) is 9.40. The highest BCUT2D eigenvalue weighted by Crippen LogP contribution is 2.32. The first-order valence-corrected chi connectivity index (χ1v) is 6.83. The minimum absolute atomic E-state index is 0.0645. The van der Waals surface area contributed by atoms with Gasteiger partial charge < -0.3 is 15.5 Å². The van der Waals surface area contributed by atoms with Gasteiger partial charge in [0.2, 0.25) is 0 Å². The molecule has 1 aromatic heterocycles. The van der Waals surface area contributed by atoms with Crippen LogP contribution < -0.4 is 5.32 Å². The van der Waals surface area contributed by atoms with Crippen LogP contribution in [0.25, 0.3) is 10.8 Å². The molecule has 0 aliphatic rings. The van der Waals surface area contributed by atoms with E-state index in [0.717, 1.165) is 3.57 Å². The van der Waals surface area contributed by atoms with Crippen LogP contribution in [0, 0.1) is 3.57 Å². The Balaban J connectivity index is 2.52. The lowest BCUT2D eigenvalue weighted by atomic mass is 10.1. The standard InChI is InChI=1S/C12H8ClIN2O4/c13-11-6-2-1-5(14)3-7(6)10(19)9(16-11)12(20)15-4-8(17)18/h1-3,19H,4H2,(H,15,20)(H,17,18). The van der Waals surface area contributed by atoms with E-state index < -0.39 is 18.4 Å². The maximum atomic E-state index is 11.8. The highest BCUT2D eigenvalue weighted by Gasteiger charge is 2.19. The van der Waals surface area contributed by atoms with Gasteiger partial charge >= 0.3 is 5.97 Å². The van der Waals surface area contributed by atoms with Gasteiger partial charge in [0.05, 0.1) is 0 Å². The van der Waals surface area contributed by atoms with Crippen molar-refractivity contribution in [1.82, 2.24) is 10.3 Å². The molecule has 104 valence electrons. The van der Waals surface area contributed by atoms with Gasteiger partial charge in [-0.15, -0.1) is 0 Å². The van der Waals surface area contributed by atoms with Crippen molar-refractivity contribution in [2.45, 2.75) is 0 Å². The minimum atomic E-state index is -1.20. The second-order valence-corrected chi connectivity index (χ2v) is 5.47. The molecule has 1 amide bonds. The predicted molar refractivity (Wildman–Crippen MR) is 81.1 cm³/mol. The third kappa shape index (κ3) is 2.93. The van der Waals surface area contributed by atoms with Crippen LogP contribution >= 0.6 is 34.2 Å². The number of benzene rings is 1. The number of carboxylic acid groups (broad SMARTS) is 1. The molecule has 0 fully saturated rings. The Bertz CT molecular complexity index is 720. The quantitative estimate of drug-likeness (QED) is 0.535. The molecule has 0 spiro atoms. The molecular weight excluding hydrogens is 398 g/mol. The van der Waals surface area contributed by atoms with E-state index >= 15 is 0 Å². The van der Waals surface area contributed by atoms with Gasteiger partial charge in [-0.25, -0.2) is 4.98 Å². The number of halogens is 2. The summed E-state index contributed by atoms with van der Waals surface area (Å²) in [6.07, 6.45) is 0. The zero-order valence-electron chi connectivity index (χ0n) is 9.85. The molecular formula is C12H8ClIN2O4. The minimum Gasteiger partial charge on any atom is -0.505 e. The van der Waals surface area contributed by atoms with E-state index in [4.69, 9.17) is 16.7 Å². The summed E-state index contributed by atoms with van der Waals surface area (Å²) in [6, 6.07) is 5.14. The molecule has 0 atom stereocenters. The van der Waals surface area contributed by atoms with Gasteiger partial charge in [-0.2, -0.15) is 0 Å². The van der Waals surface area contributed by atoms with Crippen LogP contribution in [0.5, 0.6) is 5.75 Å². The molecule has 1 heterocycles. The summed E-state index contributed by atoms with van der Waals surface area (Å²) in [5.41, 5.74) is -0.300. The number of rotatable bonds is 3. The molecule has 6 nitrogen and oxygen atoms in total. The average Bonchev–Trinajstić information content (AvgIpc) is 2.40. The SMILES string of the molecule is O=C(O)CNC(=O)c1nc(Cl)c2ccc(I)cc2c1O. The van der Waals surface area contributed by atoms with Crippen LogP contribution in [0.1, 0.15) is 10.5 Å². The Hall–Kier alpha value is -1.61. The van der Waals surface area contributed by atoms with Crippen LogP contribution in [0.2, 0.25) is 5.15 Å². The molecule has 20 heavy (non-hydrogen) atoms. The largest absolute Gasteiger partial charge is 0.505 e. The second kappa shape index (κ2) is 5.80. The van der Waals surface area contributed by atoms with Crippen LogP contribution in [-0.4, -0.2) is 33.6 Å². The second-order valence-electron chi connectivity index (χ2n) is 3.87. The number of aromatic hydroxyl groups is 1. The van der Waals surface area contributed by atoms with Gasteiger partial charge in [0, 0.05) is 14.3 Å². The maximum absolute atomic E-state index is 11.8. The number of fused-ring (bicyclic) bond motifs is 1. The Kier molecular flexibility index (Phi) is 4.29. The van der Waals surface area contributed by atoms with Crippen molar-refractivity contribution in [3.8, 4) is 5.75 Å². The molecule has 1 aromatic carbocycles. The number of nitrogens with zero attached hydrogens (tertiary/aromatic N) is 1. The number of carbonyl (C=O) groups is 2. The lowest BCUT2D eigenvalue weighted by Crippen LogP contribution is -2.30. The summed E-state index contributed by atoms with van der Waals surface area (Å²) in [4.78, 5) is 26.0. The number of carbonyl (C=O) groups excluding carboxylic acids is 1. The molecule has 0 unspecified atom stereocenters. The summed E-state index contributed by atoms with van der Waals surface area (Å²) < 4.78 is 0.851. The summed E-state index contributed by atoms with van der Waals surface area (Å²) in [6.45, 7) is -0.568. The number of pyridine rings is 1. The van der Waals surface area contributed by atoms with Crippen LogP contribution in [0.15, 0.2) is 18.2 Å². The van der Waals surface area contributed by atoms with E-state index in [1.54, 1.807) is 18.2 Å². The van der Waals surface area contributed by atoms with Crippen LogP contribution in [0.3, 0.4) is 0 Å². The molecule has 0 aliphatic carbocycles. The summed E-state index contributed by atoms with van der Waals surface area (Å²) in [7, 11) is 0. The van der Waals surface area contributed by atoms with E-state index in [-0.39, 0.29) is 16.6 Å². The summed E-state index contributed by atoms with van der Waals surface area (Å²) >= 11 is 8.03. The van der Waals surface area contributed by atoms with E-state index in [1.165, 1.54) is 0 Å². The topological polar surface area (TPSA) is 99.5 Å². The number of amides is 1. The molecule has 0 radical (unpaired) electrons. The Morgan fingerprint density at radius 2 is 2.05 bits per heavy atom. The van der Waals surface area contributed by atoms with Gasteiger partial charge in [-0.05, 0) is 34.7 Å². The maximum Gasteiger partial charge on any atom is 0.322 e. The molecule has 0 aliphatic heterocycles. The Morgan fingerprint density at radius 3 is 2.70 bits per heavy atom. The predicted octanol–water partition coefficient (Wildman–Crippen LogP) is 2.01. The van der Waals surface area contributed by atoms with Crippen molar-refractivity contribution in [3.05, 3.63) is 32.6 Å². The third-order valence-corrected chi connectivity index (χ3v) is 3.47. The van der Waals surface area contributed by atoms with Gasteiger partial charge in [-0.1, -0.05) is 17.7 Å². The molecule has 0 saturated carbocycles. The number of nitrogens with one attached hydrogen (secondary N) is 1. The van der Waals surface area contributed by atoms with Gasteiger partial charge in [0.15, 0.2) is 11.4 Å². The normalized spacial score (nSPS) is 10.5. The van der Waals surface area contributed by atoms with Crippen molar-refractivity contribution >= 4 is 56.8 Å². The molecule has 0 saturated heterocycles. The van der Waals surface area contributed by atoms with Crippen molar-refractivity contribution in [3.63, 3.8) is 0 Å². The van der Waals surface area contributed by atoms with E-state index in [1.807, 2.05) is 0 Å². The fourth-order valence-electron chi connectivity index (χ4n) is 1.63. The number of carboxylic acids is 1. The highest BCUT2D eigenvalue weighted by atomic mass is 127. The average molecular weight is 407 g/mol. The highest BCUT2D eigenvalue weighted by molar-refractivity contribution is 14.1. The molecule has 0 bridgehead atoms. The summed E-state index contributed by atoms with van der Waals surface area (Å²) in [5.74, 6) is -2.32. The zero-order chi connectivity index (χ0) is 14.9. The monoisotopic (exact) mass is 406 g/mol. The van der Waals surface area contributed by atoms with Crippen LogP contribution in [0.4, 0.5) is 0 Å². The third-order valence-electron chi connectivity index (χ3n) is 2.51. The van der Waals surface area contributed by atoms with Crippen LogP contribution in [-0.2, 0) is 4.79 Å². The number of aromatic nitrogens is 1. The first kappa shape index (κ1) is 14.8. The van der Waals surface area contributed by atoms with E-state index in [0.29, 0.717) is 10.8 Å². The van der Waals surface area contributed by atoms with Crippen molar-refractivity contribution in [2.24, 2.45) is 0 Å². The fourth-order valence-corrected chi connectivity index (χ4v) is 2.37. The lowest BCUT2D eigenvalue weighted by Gasteiger charge is -2.09. The Morgan fingerprint density at radius 1 is 1.35 bits per heavy atom.